The molecule has 0 heterocycles. The third-order valence-corrected chi connectivity index (χ3v) is 3.80. The van der Waals surface area contributed by atoms with Gasteiger partial charge in [-0.15, -0.1) is 11.8 Å². The molecule has 17 heavy (non-hydrogen) atoms. The zero-order chi connectivity index (χ0) is 12.5. The SMILES string of the molecule is CNC(CCCOC)CSc1ccccc1F. The van der Waals surface area contributed by atoms with Gasteiger partial charge in [0.2, 0.25) is 0 Å². The van der Waals surface area contributed by atoms with Crippen LogP contribution in [0.3, 0.4) is 0 Å². The number of hydrogen-bond acceptors (Lipinski definition) is 3. The number of hydrogen-bond donors (Lipinski definition) is 1. The van der Waals surface area contributed by atoms with Crippen LogP contribution >= 0.6 is 11.8 Å². The molecule has 0 saturated carbocycles. The molecule has 1 atom stereocenters. The molecule has 2 nitrogen and oxygen atoms in total. The van der Waals surface area contributed by atoms with E-state index in [1.165, 1.54) is 6.07 Å². The van der Waals surface area contributed by atoms with Crippen molar-refractivity contribution in [1.82, 2.24) is 5.32 Å². The second-order valence-corrected chi connectivity index (χ2v) is 4.92. The van der Waals surface area contributed by atoms with Crippen LogP contribution in [0.5, 0.6) is 0 Å². The average molecular weight is 257 g/mol. The van der Waals surface area contributed by atoms with Gasteiger partial charge in [0.05, 0.1) is 0 Å². The Morgan fingerprint density at radius 1 is 1.41 bits per heavy atom. The molecule has 0 radical (unpaired) electrons. The minimum absolute atomic E-state index is 0.135. The zero-order valence-corrected chi connectivity index (χ0v) is 11.2. The highest BCUT2D eigenvalue weighted by atomic mass is 32.2. The van der Waals surface area contributed by atoms with Crippen molar-refractivity contribution in [1.29, 1.82) is 0 Å². The fourth-order valence-electron chi connectivity index (χ4n) is 1.54. The number of halogens is 1. The fourth-order valence-corrected chi connectivity index (χ4v) is 2.63. The number of methoxy groups -OCH3 is 1. The minimum Gasteiger partial charge on any atom is -0.385 e. The Labute approximate surface area is 107 Å². The van der Waals surface area contributed by atoms with Crippen LogP contribution in [0.4, 0.5) is 4.39 Å². The molecule has 0 aliphatic rings. The first-order chi connectivity index (χ1) is 8.27. The van der Waals surface area contributed by atoms with Gasteiger partial charge in [-0.2, -0.15) is 0 Å². The Bertz CT molecular complexity index is 322. The summed E-state index contributed by atoms with van der Waals surface area (Å²) in [6.07, 6.45) is 2.08. The monoisotopic (exact) mass is 257 g/mol. The van der Waals surface area contributed by atoms with Crippen LogP contribution in [0.15, 0.2) is 29.2 Å². The Kier molecular flexibility index (Phi) is 7.24. The number of thioether (sulfide) groups is 1. The van der Waals surface area contributed by atoms with Gasteiger partial charge in [-0.05, 0) is 32.0 Å². The molecule has 1 unspecified atom stereocenters. The lowest BCUT2D eigenvalue weighted by Crippen LogP contribution is -2.28. The zero-order valence-electron chi connectivity index (χ0n) is 10.4. The molecular weight excluding hydrogens is 237 g/mol. The van der Waals surface area contributed by atoms with E-state index in [-0.39, 0.29) is 5.82 Å². The van der Waals surface area contributed by atoms with Crippen LogP contribution in [0, 0.1) is 5.82 Å². The fraction of sp³-hybridized carbons (Fsp3) is 0.538. The van der Waals surface area contributed by atoms with Crippen molar-refractivity contribution < 1.29 is 9.13 Å². The van der Waals surface area contributed by atoms with E-state index in [0.717, 1.165) is 30.1 Å². The summed E-state index contributed by atoms with van der Waals surface area (Å²) in [6.45, 7) is 0.780. The maximum Gasteiger partial charge on any atom is 0.136 e. The lowest BCUT2D eigenvalue weighted by atomic mass is 10.2. The first kappa shape index (κ1) is 14.5. The first-order valence-electron chi connectivity index (χ1n) is 5.81. The highest BCUT2D eigenvalue weighted by Gasteiger charge is 2.08. The molecule has 0 aliphatic heterocycles. The van der Waals surface area contributed by atoms with Gasteiger partial charge in [0, 0.05) is 30.4 Å². The molecule has 0 amide bonds. The van der Waals surface area contributed by atoms with Crippen molar-refractivity contribution in [2.75, 3.05) is 26.5 Å². The molecule has 96 valence electrons. The summed E-state index contributed by atoms with van der Waals surface area (Å²) in [6, 6.07) is 7.30. The topological polar surface area (TPSA) is 21.3 Å². The molecule has 1 aromatic carbocycles. The molecule has 1 N–H and O–H groups in total. The Morgan fingerprint density at radius 2 is 2.18 bits per heavy atom. The highest BCUT2D eigenvalue weighted by molar-refractivity contribution is 7.99. The van der Waals surface area contributed by atoms with Crippen molar-refractivity contribution in [3.63, 3.8) is 0 Å². The summed E-state index contributed by atoms with van der Waals surface area (Å²) in [5.41, 5.74) is 0. The Morgan fingerprint density at radius 3 is 2.82 bits per heavy atom. The van der Waals surface area contributed by atoms with Crippen LogP contribution in [0.1, 0.15) is 12.8 Å². The van der Waals surface area contributed by atoms with E-state index < -0.39 is 0 Å². The average Bonchev–Trinajstić information content (AvgIpc) is 2.35. The standard InChI is InChI=1S/C13H20FNOS/c1-15-11(6-5-9-16-2)10-17-13-8-4-3-7-12(13)14/h3-4,7-8,11,15H,5-6,9-10H2,1-2H3. The van der Waals surface area contributed by atoms with Crippen molar-refractivity contribution >= 4 is 11.8 Å². The van der Waals surface area contributed by atoms with Crippen molar-refractivity contribution in [3.8, 4) is 0 Å². The van der Waals surface area contributed by atoms with Gasteiger partial charge in [-0.25, -0.2) is 4.39 Å². The van der Waals surface area contributed by atoms with E-state index in [1.807, 2.05) is 19.2 Å². The van der Waals surface area contributed by atoms with Crippen LogP contribution in [0.25, 0.3) is 0 Å². The molecule has 0 saturated heterocycles. The third kappa shape index (κ3) is 5.52. The second kappa shape index (κ2) is 8.50. The van der Waals surface area contributed by atoms with Gasteiger partial charge < -0.3 is 10.1 Å². The van der Waals surface area contributed by atoms with E-state index in [4.69, 9.17) is 4.74 Å². The minimum atomic E-state index is -0.135. The lowest BCUT2D eigenvalue weighted by molar-refractivity contribution is 0.190. The molecule has 0 bridgehead atoms. The Balaban J connectivity index is 2.34. The van der Waals surface area contributed by atoms with Gasteiger partial charge in [0.1, 0.15) is 5.82 Å². The van der Waals surface area contributed by atoms with Gasteiger partial charge >= 0.3 is 0 Å². The van der Waals surface area contributed by atoms with E-state index in [2.05, 4.69) is 5.32 Å². The van der Waals surface area contributed by atoms with Gasteiger partial charge in [-0.3, -0.25) is 0 Å². The van der Waals surface area contributed by atoms with Crippen LogP contribution in [-0.4, -0.2) is 32.6 Å². The number of benzene rings is 1. The predicted molar refractivity (Wildman–Crippen MR) is 71.1 cm³/mol. The third-order valence-electron chi connectivity index (χ3n) is 2.59. The Hall–Kier alpha value is -0.580. The maximum absolute atomic E-state index is 13.4. The summed E-state index contributed by atoms with van der Waals surface area (Å²) >= 11 is 1.56. The van der Waals surface area contributed by atoms with Gasteiger partial charge in [-0.1, -0.05) is 12.1 Å². The van der Waals surface area contributed by atoms with Crippen molar-refractivity contribution in [3.05, 3.63) is 30.1 Å². The molecule has 1 rings (SSSR count). The van der Waals surface area contributed by atoms with Gasteiger partial charge in [0.25, 0.3) is 0 Å². The molecule has 0 spiro atoms. The number of ether oxygens (including phenoxy) is 1. The summed E-state index contributed by atoms with van der Waals surface area (Å²) in [5.74, 6) is 0.741. The normalized spacial score (nSPS) is 12.6. The predicted octanol–water partition coefficient (Wildman–Crippen LogP) is 2.93. The largest absolute Gasteiger partial charge is 0.385 e. The number of rotatable bonds is 8. The second-order valence-electron chi connectivity index (χ2n) is 3.86. The summed E-state index contributed by atoms with van der Waals surface area (Å²) in [5, 5.41) is 3.25. The molecular formula is C13H20FNOS. The molecule has 0 aliphatic carbocycles. The molecule has 4 heteroatoms. The summed E-state index contributed by atoms with van der Waals surface area (Å²) in [4.78, 5) is 0.722. The molecule has 0 fully saturated rings. The van der Waals surface area contributed by atoms with Gasteiger partial charge in [0.15, 0.2) is 0 Å². The molecule has 0 aromatic heterocycles. The highest BCUT2D eigenvalue weighted by Crippen LogP contribution is 2.22. The van der Waals surface area contributed by atoms with Crippen molar-refractivity contribution in [2.24, 2.45) is 0 Å². The van der Waals surface area contributed by atoms with E-state index in [0.29, 0.717) is 6.04 Å². The summed E-state index contributed by atoms with van der Waals surface area (Å²) < 4.78 is 18.4. The van der Waals surface area contributed by atoms with Crippen LogP contribution < -0.4 is 5.32 Å². The van der Waals surface area contributed by atoms with Crippen LogP contribution in [0.2, 0.25) is 0 Å². The first-order valence-corrected chi connectivity index (χ1v) is 6.80. The summed E-state index contributed by atoms with van der Waals surface area (Å²) in [7, 11) is 3.65. The maximum atomic E-state index is 13.4. The van der Waals surface area contributed by atoms with E-state index in [9.17, 15) is 4.39 Å². The lowest BCUT2D eigenvalue weighted by Gasteiger charge is -2.15. The van der Waals surface area contributed by atoms with Crippen LogP contribution in [-0.2, 0) is 4.74 Å². The van der Waals surface area contributed by atoms with E-state index in [1.54, 1.807) is 24.9 Å². The van der Waals surface area contributed by atoms with Crippen molar-refractivity contribution in [2.45, 2.75) is 23.8 Å². The molecule has 1 aromatic rings. The smallest absolute Gasteiger partial charge is 0.136 e. The quantitative estimate of drug-likeness (QED) is 0.571. The van der Waals surface area contributed by atoms with E-state index >= 15 is 0 Å². The number of nitrogens with one attached hydrogen (secondary N) is 1.